The highest BCUT2D eigenvalue weighted by atomic mass is 35.5. The van der Waals surface area contributed by atoms with E-state index in [0.29, 0.717) is 15.4 Å². The zero-order chi connectivity index (χ0) is 12.3. The molecule has 1 aromatic heterocycles. The van der Waals surface area contributed by atoms with Gasteiger partial charge in [-0.2, -0.15) is 5.26 Å². The summed E-state index contributed by atoms with van der Waals surface area (Å²) in [6, 6.07) is 2.05. The van der Waals surface area contributed by atoms with Gasteiger partial charge < -0.3 is 5.32 Å². The first kappa shape index (κ1) is 12.7. The number of aromatic nitrogens is 1. The van der Waals surface area contributed by atoms with Crippen molar-refractivity contribution in [2.45, 2.75) is 39.0 Å². The molecule has 0 unspecified atom stereocenters. The maximum atomic E-state index is 8.82. The molecule has 1 aromatic rings. The van der Waals surface area contributed by atoms with E-state index in [0.717, 1.165) is 11.7 Å². The fourth-order valence-corrected chi connectivity index (χ4v) is 3.43. The number of anilines is 1. The van der Waals surface area contributed by atoms with Crippen LogP contribution in [-0.4, -0.2) is 11.5 Å². The number of hydrogen-bond donors (Lipinski definition) is 1. The van der Waals surface area contributed by atoms with E-state index in [-0.39, 0.29) is 0 Å². The van der Waals surface area contributed by atoms with Crippen LogP contribution in [0.1, 0.15) is 43.9 Å². The van der Waals surface area contributed by atoms with E-state index >= 15 is 0 Å². The Balaban J connectivity index is 1.99. The Morgan fingerprint density at radius 2 is 2.24 bits per heavy atom. The van der Waals surface area contributed by atoms with E-state index < -0.39 is 0 Å². The number of rotatable bonds is 4. The molecule has 0 aromatic carbocycles. The molecule has 0 saturated heterocycles. The van der Waals surface area contributed by atoms with Crippen molar-refractivity contribution in [3.05, 3.63) is 10.0 Å². The molecule has 0 radical (unpaired) electrons. The topological polar surface area (TPSA) is 48.7 Å². The number of halogens is 1. The monoisotopic (exact) mass is 269 g/mol. The number of nitrogens with zero attached hydrogens (tertiary/aromatic N) is 2. The lowest BCUT2D eigenvalue weighted by Gasteiger charge is -2.27. The smallest absolute Gasteiger partial charge is 0.185 e. The average molecular weight is 270 g/mol. The predicted octanol–water partition coefficient (Wildman–Crippen LogP) is 4.05. The first-order chi connectivity index (χ1) is 8.19. The molecular weight excluding hydrogens is 254 g/mol. The lowest BCUT2D eigenvalue weighted by Crippen LogP contribution is -2.25. The fraction of sp³-hybridized carbons (Fsp3) is 0.667. The van der Waals surface area contributed by atoms with E-state index in [9.17, 15) is 0 Å². The highest BCUT2D eigenvalue weighted by Gasteiger charge is 2.31. The van der Waals surface area contributed by atoms with Crippen LogP contribution in [0.5, 0.6) is 0 Å². The summed E-state index contributed by atoms with van der Waals surface area (Å²) in [5.41, 5.74) is 0.422. The summed E-state index contributed by atoms with van der Waals surface area (Å²) >= 11 is 7.18. The molecule has 1 heterocycles. The van der Waals surface area contributed by atoms with Crippen LogP contribution in [0.25, 0.3) is 0 Å². The van der Waals surface area contributed by atoms with E-state index in [4.69, 9.17) is 16.9 Å². The van der Waals surface area contributed by atoms with Crippen LogP contribution >= 0.6 is 22.9 Å². The Bertz CT molecular complexity index is 429. The van der Waals surface area contributed by atoms with Crippen LogP contribution in [0.15, 0.2) is 0 Å². The van der Waals surface area contributed by atoms with Crippen LogP contribution in [0.2, 0.25) is 5.15 Å². The molecule has 3 nitrogen and oxygen atoms in total. The molecule has 1 aliphatic carbocycles. The van der Waals surface area contributed by atoms with Gasteiger partial charge in [0.15, 0.2) is 10.3 Å². The number of nitrogens with one attached hydrogen (secondary N) is 1. The molecule has 2 rings (SSSR count). The van der Waals surface area contributed by atoms with Gasteiger partial charge >= 0.3 is 0 Å². The first-order valence-electron chi connectivity index (χ1n) is 5.99. The van der Waals surface area contributed by atoms with E-state index in [2.05, 4.69) is 23.3 Å². The van der Waals surface area contributed by atoms with Gasteiger partial charge in [0, 0.05) is 6.54 Å². The van der Waals surface area contributed by atoms with Crippen molar-refractivity contribution in [3.8, 4) is 6.07 Å². The first-order valence-corrected chi connectivity index (χ1v) is 7.19. The number of thiazole rings is 1. The maximum Gasteiger partial charge on any atom is 0.185 e. The summed E-state index contributed by atoms with van der Waals surface area (Å²) in [7, 11) is 0. The maximum absolute atomic E-state index is 8.82. The standard InChI is InChI=1S/C12H16ClN3S/c1-2-12(5-3-4-6-12)8-15-11-16-10(13)9(7-14)17-11/h2-6,8H2,1H3,(H,15,16). The molecule has 0 atom stereocenters. The summed E-state index contributed by atoms with van der Waals surface area (Å²) in [5, 5.41) is 13.2. The van der Waals surface area contributed by atoms with Crippen molar-refractivity contribution in [1.29, 1.82) is 5.26 Å². The van der Waals surface area contributed by atoms with E-state index in [1.54, 1.807) is 0 Å². The summed E-state index contributed by atoms with van der Waals surface area (Å²) in [5.74, 6) is 0. The van der Waals surface area contributed by atoms with Crippen molar-refractivity contribution in [2.75, 3.05) is 11.9 Å². The molecule has 17 heavy (non-hydrogen) atoms. The van der Waals surface area contributed by atoms with Gasteiger partial charge in [0.2, 0.25) is 0 Å². The Kier molecular flexibility index (Phi) is 3.90. The normalized spacial score (nSPS) is 17.9. The third kappa shape index (κ3) is 2.72. The molecule has 0 aliphatic heterocycles. The molecule has 1 saturated carbocycles. The number of hydrogen-bond acceptors (Lipinski definition) is 4. The quantitative estimate of drug-likeness (QED) is 0.897. The van der Waals surface area contributed by atoms with Crippen LogP contribution in [0, 0.1) is 16.7 Å². The van der Waals surface area contributed by atoms with Gasteiger partial charge in [0.1, 0.15) is 10.9 Å². The molecule has 0 spiro atoms. The third-order valence-corrected chi connectivity index (χ3v) is 5.02. The SMILES string of the molecule is CCC1(CNc2nc(Cl)c(C#N)s2)CCCC1. The lowest BCUT2D eigenvalue weighted by molar-refractivity contribution is 0.307. The lowest BCUT2D eigenvalue weighted by atomic mass is 9.83. The van der Waals surface area contributed by atoms with Crippen molar-refractivity contribution in [3.63, 3.8) is 0 Å². The van der Waals surface area contributed by atoms with Crippen LogP contribution in [0.4, 0.5) is 5.13 Å². The summed E-state index contributed by atoms with van der Waals surface area (Å²) in [6.07, 6.45) is 6.45. The van der Waals surface area contributed by atoms with E-state index in [1.165, 1.54) is 43.4 Å². The zero-order valence-electron chi connectivity index (χ0n) is 9.92. The average Bonchev–Trinajstić information content (AvgIpc) is 2.94. The fourth-order valence-electron chi connectivity index (χ4n) is 2.49. The molecule has 0 amide bonds. The number of nitriles is 1. The summed E-state index contributed by atoms with van der Waals surface area (Å²) in [6.45, 7) is 3.20. The molecule has 1 fully saturated rings. The van der Waals surface area contributed by atoms with Gasteiger partial charge in [-0.05, 0) is 24.7 Å². The largest absolute Gasteiger partial charge is 0.361 e. The molecular formula is C12H16ClN3S. The Morgan fingerprint density at radius 1 is 1.53 bits per heavy atom. The minimum atomic E-state index is 0.317. The highest BCUT2D eigenvalue weighted by Crippen LogP contribution is 2.41. The third-order valence-electron chi connectivity index (χ3n) is 3.72. The molecule has 92 valence electrons. The van der Waals surface area contributed by atoms with Gasteiger partial charge in [-0.1, -0.05) is 42.7 Å². The van der Waals surface area contributed by atoms with Crippen molar-refractivity contribution < 1.29 is 0 Å². The van der Waals surface area contributed by atoms with Gasteiger partial charge in [-0.25, -0.2) is 4.98 Å². The second-order valence-electron chi connectivity index (χ2n) is 4.66. The molecule has 0 bridgehead atoms. The molecule has 1 aliphatic rings. The minimum absolute atomic E-state index is 0.317. The Morgan fingerprint density at radius 3 is 2.76 bits per heavy atom. The van der Waals surface area contributed by atoms with Gasteiger partial charge in [0.25, 0.3) is 0 Å². The second kappa shape index (κ2) is 5.24. The zero-order valence-corrected chi connectivity index (χ0v) is 11.5. The van der Waals surface area contributed by atoms with Gasteiger partial charge in [0.05, 0.1) is 0 Å². The summed E-state index contributed by atoms with van der Waals surface area (Å²) < 4.78 is 0. The van der Waals surface area contributed by atoms with Crippen LogP contribution < -0.4 is 5.32 Å². The summed E-state index contributed by atoms with van der Waals surface area (Å²) in [4.78, 5) is 4.65. The van der Waals surface area contributed by atoms with Crippen LogP contribution in [-0.2, 0) is 0 Å². The molecule has 1 N–H and O–H groups in total. The van der Waals surface area contributed by atoms with Crippen LogP contribution in [0.3, 0.4) is 0 Å². The Labute approximate surface area is 111 Å². The van der Waals surface area contributed by atoms with Gasteiger partial charge in [-0.3, -0.25) is 0 Å². The predicted molar refractivity (Wildman–Crippen MR) is 71.5 cm³/mol. The molecule has 5 heteroatoms. The minimum Gasteiger partial charge on any atom is -0.361 e. The highest BCUT2D eigenvalue weighted by molar-refractivity contribution is 7.16. The second-order valence-corrected chi connectivity index (χ2v) is 6.02. The van der Waals surface area contributed by atoms with Crippen molar-refractivity contribution in [1.82, 2.24) is 4.98 Å². The van der Waals surface area contributed by atoms with Gasteiger partial charge in [-0.15, -0.1) is 0 Å². The van der Waals surface area contributed by atoms with Crippen molar-refractivity contribution >= 4 is 28.1 Å². The van der Waals surface area contributed by atoms with E-state index in [1.807, 2.05) is 0 Å². The van der Waals surface area contributed by atoms with Crippen molar-refractivity contribution in [2.24, 2.45) is 5.41 Å². The Hall–Kier alpha value is -0.790.